The van der Waals surface area contributed by atoms with Crippen molar-refractivity contribution in [2.75, 3.05) is 20.2 Å². The first-order valence-electron chi connectivity index (χ1n) is 8.17. The molecule has 2 saturated heterocycles. The molecule has 5 nitrogen and oxygen atoms in total. The SMILES string of the molecule is CCNC(=NCC(OC)C(C)(C)C)NC1CC2CCC1O2.I. The van der Waals surface area contributed by atoms with Crippen LogP contribution in [0, 0.1) is 5.41 Å². The van der Waals surface area contributed by atoms with E-state index in [4.69, 9.17) is 14.5 Å². The van der Waals surface area contributed by atoms with Crippen molar-refractivity contribution in [2.24, 2.45) is 10.4 Å². The number of rotatable bonds is 5. The normalized spacial score (nSPS) is 29.1. The van der Waals surface area contributed by atoms with E-state index in [-0.39, 0.29) is 35.5 Å². The van der Waals surface area contributed by atoms with E-state index in [2.05, 4.69) is 38.3 Å². The molecule has 0 saturated carbocycles. The van der Waals surface area contributed by atoms with Gasteiger partial charge in [-0.05, 0) is 31.6 Å². The van der Waals surface area contributed by atoms with Gasteiger partial charge in [0.25, 0.3) is 0 Å². The lowest BCUT2D eigenvalue weighted by Crippen LogP contribution is -2.48. The molecule has 4 atom stereocenters. The summed E-state index contributed by atoms with van der Waals surface area (Å²) < 4.78 is 11.5. The molecule has 130 valence electrons. The molecule has 2 bridgehead atoms. The number of methoxy groups -OCH3 is 1. The minimum Gasteiger partial charge on any atom is -0.379 e. The number of nitrogens with one attached hydrogen (secondary N) is 2. The summed E-state index contributed by atoms with van der Waals surface area (Å²) in [6.45, 7) is 10.2. The van der Waals surface area contributed by atoms with Gasteiger partial charge in [-0.15, -0.1) is 24.0 Å². The van der Waals surface area contributed by atoms with Crippen molar-refractivity contribution in [1.29, 1.82) is 0 Å². The fourth-order valence-corrected chi connectivity index (χ4v) is 3.16. The van der Waals surface area contributed by atoms with Crippen LogP contribution < -0.4 is 10.6 Å². The molecule has 2 aliphatic heterocycles. The van der Waals surface area contributed by atoms with Gasteiger partial charge < -0.3 is 20.1 Å². The third-order valence-corrected chi connectivity index (χ3v) is 4.44. The van der Waals surface area contributed by atoms with Gasteiger partial charge in [0.1, 0.15) is 0 Å². The Hall–Kier alpha value is -0.0800. The summed E-state index contributed by atoms with van der Waals surface area (Å²) in [7, 11) is 1.76. The molecule has 4 unspecified atom stereocenters. The molecule has 22 heavy (non-hydrogen) atoms. The third kappa shape index (κ3) is 5.23. The van der Waals surface area contributed by atoms with Crippen LogP contribution in [0.1, 0.15) is 47.0 Å². The van der Waals surface area contributed by atoms with Crippen molar-refractivity contribution in [3.05, 3.63) is 0 Å². The Labute approximate surface area is 152 Å². The van der Waals surface area contributed by atoms with Crippen LogP contribution in [0.15, 0.2) is 4.99 Å². The number of hydrogen-bond donors (Lipinski definition) is 2. The lowest BCUT2D eigenvalue weighted by Gasteiger charge is -2.28. The van der Waals surface area contributed by atoms with Gasteiger partial charge in [0.05, 0.1) is 30.9 Å². The molecular formula is C16H32IN3O2. The highest BCUT2D eigenvalue weighted by Crippen LogP contribution is 2.34. The van der Waals surface area contributed by atoms with Gasteiger partial charge in [-0.25, -0.2) is 0 Å². The number of fused-ring (bicyclic) bond motifs is 2. The van der Waals surface area contributed by atoms with Crippen LogP contribution in [-0.4, -0.2) is 50.5 Å². The summed E-state index contributed by atoms with van der Waals surface area (Å²) in [5.41, 5.74) is 0.0884. The van der Waals surface area contributed by atoms with Gasteiger partial charge >= 0.3 is 0 Å². The van der Waals surface area contributed by atoms with Crippen LogP contribution in [0.4, 0.5) is 0 Å². The van der Waals surface area contributed by atoms with E-state index >= 15 is 0 Å². The molecule has 6 heteroatoms. The van der Waals surface area contributed by atoms with Gasteiger partial charge in [-0.3, -0.25) is 4.99 Å². The Morgan fingerprint density at radius 1 is 1.36 bits per heavy atom. The number of guanidine groups is 1. The lowest BCUT2D eigenvalue weighted by molar-refractivity contribution is 0.0241. The van der Waals surface area contributed by atoms with Gasteiger partial charge in [-0.2, -0.15) is 0 Å². The molecule has 0 aromatic heterocycles. The number of hydrogen-bond acceptors (Lipinski definition) is 3. The smallest absolute Gasteiger partial charge is 0.191 e. The molecule has 0 aromatic carbocycles. The fourth-order valence-electron chi connectivity index (χ4n) is 3.16. The molecule has 2 fully saturated rings. The molecule has 2 rings (SSSR count). The van der Waals surface area contributed by atoms with Gasteiger partial charge in [0, 0.05) is 13.7 Å². The van der Waals surface area contributed by atoms with Crippen molar-refractivity contribution >= 4 is 29.9 Å². The monoisotopic (exact) mass is 425 g/mol. The molecule has 2 heterocycles. The van der Waals surface area contributed by atoms with Crippen LogP contribution in [0.25, 0.3) is 0 Å². The second-order valence-corrected chi connectivity index (χ2v) is 7.17. The zero-order valence-electron chi connectivity index (χ0n) is 14.5. The Kier molecular flexibility index (Phi) is 7.88. The molecule has 0 spiro atoms. The van der Waals surface area contributed by atoms with Crippen molar-refractivity contribution in [3.8, 4) is 0 Å². The average molecular weight is 425 g/mol. The Morgan fingerprint density at radius 3 is 2.55 bits per heavy atom. The fraction of sp³-hybridized carbons (Fsp3) is 0.938. The quantitative estimate of drug-likeness (QED) is 0.404. The Morgan fingerprint density at radius 2 is 2.09 bits per heavy atom. The van der Waals surface area contributed by atoms with Gasteiger partial charge in [-0.1, -0.05) is 20.8 Å². The highest BCUT2D eigenvalue weighted by atomic mass is 127. The van der Waals surface area contributed by atoms with Gasteiger partial charge in [0.2, 0.25) is 0 Å². The predicted molar refractivity (Wildman–Crippen MR) is 101 cm³/mol. The summed E-state index contributed by atoms with van der Waals surface area (Å²) >= 11 is 0. The van der Waals surface area contributed by atoms with Crippen LogP contribution in [0.5, 0.6) is 0 Å². The van der Waals surface area contributed by atoms with E-state index in [0.29, 0.717) is 24.8 Å². The van der Waals surface area contributed by atoms with E-state index in [1.165, 1.54) is 12.8 Å². The van der Waals surface area contributed by atoms with E-state index in [1.54, 1.807) is 7.11 Å². The number of nitrogens with zero attached hydrogens (tertiary/aromatic N) is 1. The minimum absolute atomic E-state index is 0. The molecule has 0 aromatic rings. The second kappa shape index (κ2) is 8.68. The largest absolute Gasteiger partial charge is 0.379 e. The molecule has 0 radical (unpaired) electrons. The predicted octanol–water partition coefficient (Wildman–Crippen LogP) is 2.54. The van der Waals surface area contributed by atoms with Crippen molar-refractivity contribution < 1.29 is 9.47 Å². The van der Waals surface area contributed by atoms with Crippen LogP contribution >= 0.6 is 24.0 Å². The van der Waals surface area contributed by atoms with Crippen LogP contribution in [-0.2, 0) is 9.47 Å². The summed E-state index contributed by atoms with van der Waals surface area (Å²) in [5.74, 6) is 0.880. The maximum atomic E-state index is 5.89. The van der Waals surface area contributed by atoms with Crippen molar-refractivity contribution in [1.82, 2.24) is 10.6 Å². The molecule has 2 aliphatic rings. The zero-order chi connectivity index (χ0) is 15.5. The third-order valence-electron chi connectivity index (χ3n) is 4.44. The van der Waals surface area contributed by atoms with Crippen LogP contribution in [0.3, 0.4) is 0 Å². The first-order valence-corrected chi connectivity index (χ1v) is 8.17. The Bertz CT molecular complexity index is 371. The Balaban J connectivity index is 0.00000242. The van der Waals surface area contributed by atoms with E-state index < -0.39 is 0 Å². The van der Waals surface area contributed by atoms with Crippen molar-refractivity contribution in [3.63, 3.8) is 0 Å². The average Bonchev–Trinajstić information content (AvgIpc) is 3.00. The zero-order valence-corrected chi connectivity index (χ0v) is 16.8. The maximum absolute atomic E-state index is 5.89. The highest BCUT2D eigenvalue weighted by molar-refractivity contribution is 14.0. The van der Waals surface area contributed by atoms with Gasteiger partial charge in [0.15, 0.2) is 5.96 Å². The maximum Gasteiger partial charge on any atom is 0.191 e. The van der Waals surface area contributed by atoms with E-state index in [0.717, 1.165) is 18.9 Å². The van der Waals surface area contributed by atoms with Crippen LogP contribution in [0.2, 0.25) is 0 Å². The molecular weight excluding hydrogens is 393 g/mol. The van der Waals surface area contributed by atoms with Crippen molar-refractivity contribution in [2.45, 2.75) is 71.3 Å². The van der Waals surface area contributed by atoms with E-state index in [1.807, 2.05) is 0 Å². The summed E-state index contributed by atoms with van der Waals surface area (Å²) in [4.78, 5) is 4.71. The molecule has 0 aliphatic carbocycles. The van der Waals surface area contributed by atoms with E-state index in [9.17, 15) is 0 Å². The summed E-state index contributed by atoms with van der Waals surface area (Å²) in [6, 6.07) is 0.400. The summed E-state index contributed by atoms with van der Waals surface area (Å²) in [6.07, 6.45) is 4.42. The first kappa shape index (κ1) is 20.0. The number of ether oxygens (including phenoxy) is 2. The standard InChI is InChI=1S/C16H31N3O2.HI/c1-6-17-15(18-10-14(20-5)16(2,3)4)19-12-9-11-7-8-13(12)21-11;/h11-14H,6-10H2,1-5H3,(H2,17,18,19);1H. The lowest BCUT2D eigenvalue weighted by atomic mass is 9.89. The molecule has 2 N–H and O–H groups in total. The topological polar surface area (TPSA) is 54.9 Å². The molecule has 0 amide bonds. The number of aliphatic imine (C=N–C) groups is 1. The summed E-state index contributed by atoms with van der Waals surface area (Å²) in [5, 5.41) is 6.87. The minimum atomic E-state index is 0. The number of halogens is 1. The highest BCUT2D eigenvalue weighted by Gasteiger charge is 2.41. The first-order chi connectivity index (χ1) is 9.94. The second-order valence-electron chi connectivity index (χ2n) is 7.17.